The van der Waals surface area contributed by atoms with Crippen LogP contribution in [0, 0.1) is 5.92 Å². The van der Waals surface area contributed by atoms with E-state index in [0.29, 0.717) is 12.3 Å². The predicted octanol–water partition coefficient (Wildman–Crippen LogP) is 2.38. The quantitative estimate of drug-likeness (QED) is 0.861. The number of carboxylic acid groups (broad SMARTS) is 1. The minimum atomic E-state index is -0.793. The number of thioether (sulfide) groups is 1. The third kappa shape index (κ3) is 4.41. The molecular formula is C14H23NO3S. The van der Waals surface area contributed by atoms with Gasteiger partial charge >= 0.3 is 5.97 Å². The number of piperidine rings is 1. The van der Waals surface area contributed by atoms with Crippen molar-refractivity contribution in [3.63, 3.8) is 0 Å². The molecule has 0 saturated carbocycles. The molecule has 2 rings (SSSR count). The smallest absolute Gasteiger partial charge is 0.305 e. The zero-order valence-corrected chi connectivity index (χ0v) is 12.2. The number of likely N-dealkylation sites (tertiary alicyclic amines) is 1. The fraction of sp³-hybridized carbons (Fsp3) is 0.857. The first-order valence-electron chi connectivity index (χ1n) is 7.26. The SMILES string of the molecule is O=C(O)CC1CCCCN1C(=O)CC1CCSCC1. The Hall–Kier alpha value is -0.710. The van der Waals surface area contributed by atoms with Gasteiger partial charge in [0.15, 0.2) is 0 Å². The molecule has 0 aromatic heterocycles. The molecule has 108 valence electrons. The highest BCUT2D eigenvalue weighted by atomic mass is 32.2. The normalized spacial score (nSPS) is 25.3. The zero-order chi connectivity index (χ0) is 13.7. The molecule has 1 N–H and O–H groups in total. The van der Waals surface area contributed by atoms with Crippen molar-refractivity contribution < 1.29 is 14.7 Å². The predicted molar refractivity (Wildman–Crippen MR) is 76.3 cm³/mol. The Labute approximate surface area is 118 Å². The Morgan fingerprint density at radius 2 is 1.84 bits per heavy atom. The molecule has 0 bridgehead atoms. The molecule has 0 aromatic carbocycles. The molecule has 5 heteroatoms. The molecule has 2 heterocycles. The Morgan fingerprint density at radius 3 is 2.53 bits per heavy atom. The van der Waals surface area contributed by atoms with Gasteiger partial charge in [0.1, 0.15) is 0 Å². The van der Waals surface area contributed by atoms with Crippen molar-refractivity contribution in [2.24, 2.45) is 5.92 Å². The highest BCUT2D eigenvalue weighted by molar-refractivity contribution is 7.99. The summed E-state index contributed by atoms with van der Waals surface area (Å²) < 4.78 is 0. The van der Waals surface area contributed by atoms with Gasteiger partial charge in [0, 0.05) is 19.0 Å². The maximum Gasteiger partial charge on any atom is 0.305 e. The van der Waals surface area contributed by atoms with Crippen molar-refractivity contribution in [1.29, 1.82) is 0 Å². The molecule has 1 unspecified atom stereocenters. The second-order valence-corrected chi connectivity index (χ2v) is 6.82. The van der Waals surface area contributed by atoms with Crippen molar-refractivity contribution in [3.8, 4) is 0 Å². The van der Waals surface area contributed by atoms with Crippen LogP contribution in [0.1, 0.15) is 44.9 Å². The van der Waals surface area contributed by atoms with E-state index in [-0.39, 0.29) is 18.4 Å². The van der Waals surface area contributed by atoms with Crippen LogP contribution in [0.25, 0.3) is 0 Å². The summed E-state index contributed by atoms with van der Waals surface area (Å²) in [4.78, 5) is 25.1. The Morgan fingerprint density at radius 1 is 1.11 bits per heavy atom. The van der Waals surface area contributed by atoms with E-state index in [1.807, 2.05) is 16.7 Å². The van der Waals surface area contributed by atoms with E-state index in [0.717, 1.165) is 50.2 Å². The number of carbonyl (C=O) groups excluding carboxylic acids is 1. The Kier molecular flexibility index (Phi) is 5.55. The van der Waals surface area contributed by atoms with E-state index in [1.54, 1.807) is 0 Å². The van der Waals surface area contributed by atoms with Crippen molar-refractivity contribution in [2.45, 2.75) is 51.0 Å². The number of nitrogens with zero attached hydrogens (tertiary/aromatic N) is 1. The largest absolute Gasteiger partial charge is 0.481 e. The van der Waals surface area contributed by atoms with Crippen LogP contribution in [0.5, 0.6) is 0 Å². The summed E-state index contributed by atoms with van der Waals surface area (Å²) in [5, 5.41) is 8.95. The van der Waals surface area contributed by atoms with Gasteiger partial charge in [0.2, 0.25) is 5.91 Å². The molecule has 2 aliphatic rings. The van der Waals surface area contributed by atoms with Gasteiger partial charge in [-0.3, -0.25) is 9.59 Å². The summed E-state index contributed by atoms with van der Waals surface area (Å²) in [5.41, 5.74) is 0. The third-order valence-electron chi connectivity index (χ3n) is 4.16. The number of aliphatic carboxylic acids is 1. The molecule has 2 fully saturated rings. The minimum absolute atomic E-state index is 0.0725. The van der Waals surface area contributed by atoms with Gasteiger partial charge < -0.3 is 10.0 Å². The highest BCUT2D eigenvalue weighted by Gasteiger charge is 2.29. The maximum absolute atomic E-state index is 12.4. The van der Waals surface area contributed by atoms with Crippen molar-refractivity contribution in [3.05, 3.63) is 0 Å². The van der Waals surface area contributed by atoms with Gasteiger partial charge in [-0.25, -0.2) is 0 Å². The first-order chi connectivity index (χ1) is 9.16. The van der Waals surface area contributed by atoms with E-state index < -0.39 is 5.97 Å². The number of rotatable bonds is 4. The molecule has 0 spiro atoms. The average molecular weight is 285 g/mol. The van der Waals surface area contributed by atoms with Crippen LogP contribution < -0.4 is 0 Å². The molecule has 4 nitrogen and oxygen atoms in total. The van der Waals surface area contributed by atoms with E-state index in [1.165, 1.54) is 0 Å². The molecule has 2 aliphatic heterocycles. The minimum Gasteiger partial charge on any atom is -0.481 e. The van der Waals surface area contributed by atoms with Crippen LogP contribution in [-0.2, 0) is 9.59 Å². The summed E-state index contributed by atoms with van der Waals surface area (Å²) in [5.74, 6) is 2.23. The Bertz CT molecular complexity index is 329. The van der Waals surface area contributed by atoms with Gasteiger partial charge in [-0.05, 0) is 49.5 Å². The first kappa shape index (κ1) is 14.7. The average Bonchev–Trinajstić information content (AvgIpc) is 2.39. The summed E-state index contributed by atoms with van der Waals surface area (Å²) in [6.07, 6.45) is 5.90. The van der Waals surface area contributed by atoms with Gasteiger partial charge in [-0.1, -0.05) is 0 Å². The number of hydrogen-bond donors (Lipinski definition) is 1. The fourth-order valence-electron chi connectivity index (χ4n) is 3.06. The molecule has 19 heavy (non-hydrogen) atoms. The summed E-state index contributed by atoms with van der Waals surface area (Å²) in [6.45, 7) is 0.748. The molecule has 0 aliphatic carbocycles. The van der Waals surface area contributed by atoms with Crippen LogP contribution in [0.4, 0.5) is 0 Å². The lowest BCUT2D eigenvalue weighted by Gasteiger charge is -2.36. The lowest BCUT2D eigenvalue weighted by molar-refractivity contribution is -0.142. The molecule has 1 amide bonds. The molecule has 2 saturated heterocycles. The molecule has 1 atom stereocenters. The number of amides is 1. The number of carboxylic acids is 1. The van der Waals surface area contributed by atoms with Crippen LogP contribution in [0.15, 0.2) is 0 Å². The van der Waals surface area contributed by atoms with E-state index in [9.17, 15) is 9.59 Å². The Balaban J connectivity index is 1.88. The standard InChI is InChI=1S/C14H23NO3S/c16-13(9-11-4-7-19-8-5-11)15-6-2-1-3-12(15)10-14(17)18/h11-12H,1-10H2,(H,17,18). The van der Waals surface area contributed by atoms with Gasteiger partial charge in [-0.15, -0.1) is 0 Å². The summed E-state index contributed by atoms with van der Waals surface area (Å²) in [6, 6.07) is -0.0725. The third-order valence-corrected chi connectivity index (χ3v) is 5.21. The lowest BCUT2D eigenvalue weighted by atomic mass is 9.94. The van der Waals surface area contributed by atoms with Gasteiger partial charge in [-0.2, -0.15) is 11.8 Å². The molecule has 0 aromatic rings. The van der Waals surface area contributed by atoms with Gasteiger partial charge in [0.05, 0.1) is 6.42 Å². The summed E-state index contributed by atoms with van der Waals surface area (Å²) in [7, 11) is 0. The maximum atomic E-state index is 12.4. The number of hydrogen-bond acceptors (Lipinski definition) is 3. The topological polar surface area (TPSA) is 57.6 Å². The van der Waals surface area contributed by atoms with Crippen molar-refractivity contribution in [2.75, 3.05) is 18.1 Å². The van der Waals surface area contributed by atoms with Crippen LogP contribution in [-0.4, -0.2) is 46.0 Å². The zero-order valence-electron chi connectivity index (χ0n) is 11.3. The lowest BCUT2D eigenvalue weighted by Crippen LogP contribution is -2.45. The van der Waals surface area contributed by atoms with Crippen molar-refractivity contribution >= 4 is 23.6 Å². The highest BCUT2D eigenvalue weighted by Crippen LogP contribution is 2.28. The van der Waals surface area contributed by atoms with Crippen LogP contribution in [0.2, 0.25) is 0 Å². The van der Waals surface area contributed by atoms with Crippen LogP contribution >= 0.6 is 11.8 Å². The molecule has 0 radical (unpaired) electrons. The van der Waals surface area contributed by atoms with E-state index >= 15 is 0 Å². The summed E-state index contributed by atoms with van der Waals surface area (Å²) >= 11 is 1.97. The molecular weight excluding hydrogens is 262 g/mol. The number of carbonyl (C=O) groups is 2. The van der Waals surface area contributed by atoms with Crippen LogP contribution in [0.3, 0.4) is 0 Å². The second kappa shape index (κ2) is 7.17. The fourth-order valence-corrected chi connectivity index (χ4v) is 4.26. The van der Waals surface area contributed by atoms with Crippen molar-refractivity contribution in [1.82, 2.24) is 4.90 Å². The first-order valence-corrected chi connectivity index (χ1v) is 8.41. The monoisotopic (exact) mass is 285 g/mol. The van der Waals surface area contributed by atoms with Gasteiger partial charge in [0.25, 0.3) is 0 Å². The second-order valence-electron chi connectivity index (χ2n) is 5.59. The van der Waals surface area contributed by atoms with E-state index in [4.69, 9.17) is 5.11 Å². The van der Waals surface area contributed by atoms with E-state index in [2.05, 4.69) is 0 Å².